The van der Waals surface area contributed by atoms with Gasteiger partial charge >= 0.3 is 11.9 Å². The number of carboxylic acid groups (broad SMARTS) is 1. The predicted octanol–water partition coefficient (Wildman–Crippen LogP) is 2.07. The zero-order chi connectivity index (χ0) is 10.7. The van der Waals surface area contributed by atoms with E-state index in [0.717, 1.165) is 0 Å². The molecule has 0 heterocycles. The molecular formula is C9H7BrO4. The molecule has 5 heteroatoms. The van der Waals surface area contributed by atoms with Gasteiger partial charge in [0.1, 0.15) is 5.75 Å². The van der Waals surface area contributed by atoms with Crippen LogP contribution >= 0.6 is 15.9 Å². The molecule has 1 rings (SSSR count). The van der Waals surface area contributed by atoms with E-state index in [4.69, 9.17) is 9.84 Å². The van der Waals surface area contributed by atoms with Gasteiger partial charge in [0.25, 0.3) is 0 Å². The fourth-order valence-corrected chi connectivity index (χ4v) is 1.33. The van der Waals surface area contributed by atoms with E-state index in [1.54, 1.807) is 0 Å². The zero-order valence-electron chi connectivity index (χ0n) is 7.28. The lowest BCUT2D eigenvalue weighted by Gasteiger charge is -2.04. The van der Waals surface area contributed by atoms with E-state index in [0.29, 0.717) is 10.2 Å². The van der Waals surface area contributed by atoms with Crippen LogP contribution in [0.15, 0.2) is 22.7 Å². The van der Waals surface area contributed by atoms with Crippen molar-refractivity contribution in [1.82, 2.24) is 0 Å². The summed E-state index contributed by atoms with van der Waals surface area (Å²) in [4.78, 5) is 21.2. The average molecular weight is 259 g/mol. The van der Waals surface area contributed by atoms with Crippen molar-refractivity contribution in [2.45, 2.75) is 6.92 Å². The average Bonchev–Trinajstić information content (AvgIpc) is 2.07. The van der Waals surface area contributed by atoms with Gasteiger partial charge in [0.05, 0.1) is 10.0 Å². The van der Waals surface area contributed by atoms with Crippen molar-refractivity contribution in [2.75, 3.05) is 0 Å². The molecule has 14 heavy (non-hydrogen) atoms. The van der Waals surface area contributed by atoms with Gasteiger partial charge in [0, 0.05) is 6.92 Å². The van der Waals surface area contributed by atoms with Crippen LogP contribution in [0.5, 0.6) is 5.75 Å². The Labute approximate surface area is 88.6 Å². The Bertz CT molecular complexity index is 386. The van der Waals surface area contributed by atoms with Gasteiger partial charge in [-0.05, 0) is 34.1 Å². The molecule has 1 aromatic carbocycles. The van der Waals surface area contributed by atoms with Crippen LogP contribution in [0.4, 0.5) is 0 Å². The maximum Gasteiger partial charge on any atom is 0.335 e. The van der Waals surface area contributed by atoms with Gasteiger partial charge in [-0.25, -0.2) is 4.79 Å². The smallest absolute Gasteiger partial charge is 0.335 e. The van der Waals surface area contributed by atoms with Crippen molar-refractivity contribution in [3.63, 3.8) is 0 Å². The molecule has 0 saturated carbocycles. The third-order valence-corrected chi connectivity index (χ3v) is 2.05. The highest BCUT2D eigenvalue weighted by Gasteiger charge is 2.08. The molecule has 0 radical (unpaired) electrons. The quantitative estimate of drug-likeness (QED) is 0.652. The number of hydrogen-bond donors (Lipinski definition) is 1. The van der Waals surface area contributed by atoms with Crippen LogP contribution in [0.2, 0.25) is 0 Å². The van der Waals surface area contributed by atoms with E-state index >= 15 is 0 Å². The molecule has 0 fully saturated rings. The van der Waals surface area contributed by atoms with Gasteiger partial charge < -0.3 is 9.84 Å². The summed E-state index contributed by atoms with van der Waals surface area (Å²) in [6, 6.07) is 4.17. The fraction of sp³-hybridized carbons (Fsp3) is 0.111. The Hall–Kier alpha value is -1.36. The minimum absolute atomic E-state index is 0.132. The topological polar surface area (TPSA) is 63.6 Å². The number of carbonyl (C=O) groups is 2. The number of ether oxygens (including phenoxy) is 1. The minimum Gasteiger partial charge on any atom is -0.478 e. The maximum atomic E-state index is 10.6. The summed E-state index contributed by atoms with van der Waals surface area (Å²) >= 11 is 3.10. The van der Waals surface area contributed by atoms with Gasteiger partial charge in [0.15, 0.2) is 0 Å². The summed E-state index contributed by atoms with van der Waals surface area (Å²) in [6.45, 7) is 1.28. The maximum absolute atomic E-state index is 10.6. The van der Waals surface area contributed by atoms with E-state index in [1.165, 1.54) is 25.1 Å². The number of hydrogen-bond acceptors (Lipinski definition) is 3. The second-order valence-corrected chi connectivity index (χ2v) is 3.40. The lowest BCUT2D eigenvalue weighted by molar-refractivity contribution is -0.131. The standard InChI is InChI=1S/C9H7BrO4/c1-5(11)14-8-3-2-6(9(12)13)4-7(8)10/h2-4H,1H3,(H,12,13). The van der Waals surface area contributed by atoms with E-state index in [9.17, 15) is 9.59 Å². The molecule has 74 valence electrons. The lowest BCUT2D eigenvalue weighted by Crippen LogP contribution is -2.03. The number of aromatic carboxylic acids is 1. The van der Waals surface area contributed by atoms with Crippen LogP contribution in [0.3, 0.4) is 0 Å². The van der Waals surface area contributed by atoms with Gasteiger partial charge in [-0.15, -0.1) is 0 Å². The Morgan fingerprint density at radius 2 is 2.07 bits per heavy atom. The third kappa shape index (κ3) is 2.56. The van der Waals surface area contributed by atoms with Crippen molar-refractivity contribution in [2.24, 2.45) is 0 Å². The van der Waals surface area contributed by atoms with E-state index < -0.39 is 11.9 Å². The molecule has 0 saturated heterocycles. The number of carboxylic acids is 1. The molecule has 0 aliphatic rings. The summed E-state index contributed by atoms with van der Waals surface area (Å²) in [5, 5.41) is 8.65. The van der Waals surface area contributed by atoms with Gasteiger partial charge in [0.2, 0.25) is 0 Å². The van der Waals surface area contributed by atoms with E-state index in [-0.39, 0.29) is 5.56 Å². The Kier molecular flexibility index (Phi) is 3.24. The predicted molar refractivity (Wildman–Crippen MR) is 52.4 cm³/mol. The number of carbonyl (C=O) groups excluding carboxylic acids is 1. The zero-order valence-corrected chi connectivity index (χ0v) is 8.87. The second-order valence-electron chi connectivity index (χ2n) is 2.54. The number of rotatable bonds is 2. The highest BCUT2D eigenvalue weighted by Crippen LogP contribution is 2.26. The Balaban J connectivity index is 3.01. The van der Waals surface area contributed by atoms with Crippen LogP contribution in [0.25, 0.3) is 0 Å². The molecule has 0 bridgehead atoms. The lowest BCUT2D eigenvalue weighted by atomic mass is 10.2. The summed E-state index contributed by atoms with van der Waals surface area (Å²) in [5.74, 6) is -1.17. The molecule has 0 atom stereocenters. The third-order valence-electron chi connectivity index (χ3n) is 1.43. The molecule has 0 amide bonds. The van der Waals surface area contributed by atoms with Gasteiger partial charge in [-0.3, -0.25) is 4.79 Å². The van der Waals surface area contributed by atoms with E-state index in [2.05, 4.69) is 15.9 Å². The monoisotopic (exact) mass is 258 g/mol. The Morgan fingerprint density at radius 3 is 2.50 bits per heavy atom. The number of halogens is 1. The van der Waals surface area contributed by atoms with Crippen LogP contribution in [-0.2, 0) is 4.79 Å². The summed E-state index contributed by atoms with van der Waals surface area (Å²) in [6.07, 6.45) is 0. The van der Waals surface area contributed by atoms with Crippen molar-refractivity contribution in [3.8, 4) is 5.75 Å². The molecule has 4 nitrogen and oxygen atoms in total. The number of benzene rings is 1. The molecule has 0 aliphatic carbocycles. The highest BCUT2D eigenvalue weighted by molar-refractivity contribution is 9.10. The first-order chi connectivity index (χ1) is 6.50. The second kappa shape index (κ2) is 4.23. The van der Waals surface area contributed by atoms with Crippen molar-refractivity contribution < 1.29 is 19.4 Å². The molecule has 1 N–H and O–H groups in total. The summed E-state index contributed by atoms with van der Waals surface area (Å²) in [5.41, 5.74) is 0.132. The normalized spacial score (nSPS) is 9.57. The molecule has 0 aliphatic heterocycles. The minimum atomic E-state index is -1.03. The summed E-state index contributed by atoms with van der Waals surface area (Å²) < 4.78 is 5.24. The SMILES string of the molecule is CC(=O)Oc1ccc(C(=O)O)cc1Br. The van der Waals surface area contributed by atoms with Crippen LogP contribution < -0.4 is 4.74 Å². The largest absolute Gasteiger partial charge is 0.478 e. The summed E-state index contributed by atoms with van der Waals surface area (Å²) in [7, 11) is 0. The fourth-order valence-electron chi connectivity index (χ4n) is 0.871. The first-order valence-electron chi connectivity index (χ1n) is 3.72. The van der Waals surface area contributed by atoms with Crippen molar-refractivity contribution >= 4 is 27.9 Å². The highest BCUT2D eigenvalue weighted by atomic mass is 79.9. The van der Waals surface area contributed by atoms with Crippen molar-refractivity contribution in [3.05, 3.63) is 28.2 Å². The molecule has 0 aromatic heterocycles. The molecule has 1 aromatic rings. The first-order valence-corrected chi connectivity index (χ1v) is 4.51. The Morgan fingerprint density at radius 1 is 1.43 bits per heavy atom. The molecule has 0 spiro atoms. The molecule has 0 unspecified atom stereocenters. The van der Waals surface area contributed by atoms with Crippen molar-refractivity contribution in [1.29, 1.82) is 0 Å². The van der Waals surface area contributed by atoms with Crippen LogP contribution in [-0.4, -0.2) is 17.0 Å². The van der Waals surface area contributed by atoms with Crippen LogP contribution in [0.1, 0.15) is 17.3 Å². The van der Waals surface area contributed by atoms with Gasteiger partial charge in [-0.2, -0.15) is 0 Å². The molecular weight excluding hydrogens is 252 g/mol. The first kappa shape index (κ1) is 10.7. The van der Waals surface area contributed by atoms with Gasteiger partial charge in [-0.1, -0.05) is 0 Å². The van der Waals surface area contributed by atoms with E-state index in [1.807, 2.05) is 0 Å². The number of esters is 1. The van der Waals surface area contributed by atoms with Crippen LogP contribution in [0, 0.1) is 0 Å².